The Bertz CT molecular complexity index is 1110. The predicted octanol–water partition coefficient (Wildman–Crippen LogP) is 4.54. The maximum Gasteiger partial charge on any atom is 0.253 e. The summed E-state index contributed by atoms with van der Waals surface area (Å²) >= 11 is 0. The van der Waals surface area contributed by atoms with Crippen LogP contribution in [0, 0.1) is 6.92 Å². The molecule has 4 rings (SSSR count). The van der Waals surface area contributed by atoms with Gasteiger partial charge in [0.1, 0.15) is 11.5 Å². The molecule has 0 spiro atoms. The minimum absolute atomic E-state index is 0.000686. The number of nitrogens with zero attached hydrogens (tertiary/aromatic N) is 4. The van der Waals surface area contributed by atoms with E-state index >= 15 is 0 Å². The summed E-state index contributed by atoms with van der Waals surface area (Å²) < 4.78 is 7.24. The van der Waals surface area contributed by atoms with Crippen LogP contribution in [0.3, 0.4) is 0 Å². The largest absolute Gasteiger partial charge is 0.361 e. The Labute approximate surface area is 175 Å². The average molecular weight is 400 g/mol. The van der Waals surface area contributed by atoms with Crippen molar-refractivity contribution in [3.63, 3.8) is 0 Å². The van der Waals surface area contributed by atoms with Gasteiger partial charge < -0.3 is 9.42 Å². The molecule has 0 radical (unpaired) electrons. The maximum atomic E-state index is 12.7. The van der Waals surface area contributed by atoms with Crippen molar-refractivity contribution in [1.29, 1.82) is 0 Å². The molecule has 6 nitrogen and oxygen atoms in total. The van der Waals surface area contributed by atoms with E-state index < -0.39 is 0 Å². The molecule has 0 aliphatic rings. The smallest absolute Gasteiger partial charge is 0.253 e. The van der Waals surface area contributed by atoms with Crippen LogP contribution in [-0.2, 0) is 6.42 Å². The van der Waals surface area contributed by atoms with Crippen molar-refractivity contribution in [1.82, 2.24) is 19.8 Å². The summed E-state index contributed by atoms with van der Waals surface area (Å²) in [5, 5.41) is 8.43. The summed E-state index contributed by atoms with van der Waals surface area (Å²) in [7, 11) is 1.82. The third kappa shape index (κ3) is 4.49. The van der Waals surface area contributed by atoms with Crippen molar-refractivity contribution in [3.05, 3.63) is 89.9 Å². The van der Waals surface area contributed by atoms with E-state index in [0.29, 0.717) is 12.1 Å². The predicted molar refractivity (Wildman–Crippen MR) is 116 cm³/mol. The van der Waals surface area contributed by atoms with Gasteiger partial charge in [-0.05, 0) is 43.2 Å². The van der Waals surface area contributed by atoms with Crippen LogP contribution in [0.5, 0.6) is 0 Å². The highest BCUT2D eigenvalue weighted by atomic mass is 16.5. The standard InChI is InChI=1S/C24H24N4O2/c1-18-16-25-28(17-18)21-12-10-20(11-13-21)24(29)27(2)14-6-9-22-15-23(26-30-22)19-7-4-3-5-8-19/h3-5,7-8,10-13,15-17H,6,9,14H2,1-2H3. The highest BCUT2D eigenvalue weighted by Crippen LogP contribution is 2.19. The molecule has 152 valence electrons. The normalized spacial score (nSPS) is 10.9. The lowest BCUT2D eigenvalue weighted by molar-refractivity contribution is 0.0793. The van der Waals surface area contributed by atoms with Crippen LogP contribution in [0.15, 0.2) is 77.6 Å². The van der Waals surface area contributed by atoms with Crippen LogP contribution >= 0.6 is 0 Å². The molecule has 0 fully saturated rings. The topological polar surface area (TPSA) is 64.2 Å². The Morgan fingerprint density at radius 1 is 1.10 bits per heavy atom. The molecule has 2 aromatic carbocycles. The SMILES string of the molecule is Cc1cnn(-c2ccc(C(=O)N(C)CCCc3cc(-c4ccccc4)no3)cc2)c1. The van der Waals surface area contributed by atoms with Gasteiger partial charge in [-0.15, -0.1) is 0 Å². The molecule has 2 aromatic heterocycles. The number of amides is 1. The summed E-state index contributed by atoms with van der Waals surface area (Å²) in [6, 6.07) is 19.4. The fourth-order valence-corrected chi connectivity index (χ4v) is 3.30. The highest BCUT2D eigenvalue weighted by Gasteiger charge is 2.13. The Kier molecular flexibility index (Phi) is 5.75. The number of aromatic nitrogens is 3. The zero-order valence-electron chi connectivity index (χ0n) is 17.2. The lowest BCUT2D eigenvalue weighted by Crippen LogP contribution is -2.28. The Morgan fingerprint density at radius 3 is 2.57 bits per heavy atom. The van der Waals surface area contributed by atoms with Crippen molar-refractivity contribution in [3.8, 4) is 16.9 Å². The van der Waals surface area contributed by atoms with Crippen molar-refractivity contribution in [2.45, 2.75) is 19.8 Å². The number of carbonyl (C=O) groups excluding carboxylic acids is 1. The van der Waals surface area contributed by atoms with Gasteiger partial charge in [0, 0.05) is 43.4 Å². The maximum absolute atomic E-state index is 12.7. The first-order valence-electron chi connectivity index (χ1n) is 9.98. The molecule has 1 amide bonds. The number of hydrogen-bond donors (Lipinski definition) is 0. The molecule has 0 bridgehead atoms. The molecule has 4 aromatic rings. The summed E-state index contributed by atoms with van der Waals surface area (Å²) in [5.41, 5.74) is 4.56. The van der Waals surface area contributed by atoms with E-state index in [4.69, 9.17) is 4.52 Å². The average Bonchev–Trinajstić information content (AvgIpc) is 3.43. The first kappa shape index (κ1) is 19.6. The van der Waals surface area contributed by atoms with Gasteiger partial charge in [0.2, 0.25) is 0 Å². The van der Waals surface area contributed by atoms with Gasteiger partial charge in [0.25, 0.3) is 5.91 Å². The molecule has 0 saturated heterocycles. The molecule has 0 N–H and O–H groups in total. The molecule has 2 heterocycles. The van der Waals surface area contributed by atoms with Crippen LogP contribution in [-0.4, -0.2) is 39.3 Å². The van der Waals surface area contributed by atoms with E-state index in [9.17, 15) is 4.79 Å². The summed E-state index contributed by atoms with van der Waals surface area (Å²) in [4.78, 5) is 14.4. The van der Waals surface area contributed by atoms with Gasteiger partial charge in [-0.2, -0.15) is 5.10 Å². The van der Waals surface area contributed by atoms with Crippen LogP contribution in [0.25, 0.3) is 16.9 Å². The first-order valence-corrected chi connectivity index (χ1v) is 9.98. The zero-order valence-corrected chi connectivity index (χ0v) is 17.2. The fourth-order valence-electron chi connectivity index (χ4n) is 3.30. The van der Waals surface area contributed by atoms with Gasteiger partial charge in [0.15, 0.2) is 0 Å². The van der Waals surface area contributed by atoms with Gasteiger partial charge >= 0.3 is 0 Å². The molecule has 6 heteroatoms. The summed E-state index contributed by atoms with van der Waals surface area (Å²) in [6.45, 7) is 2.64. The van der Waals surface area contributed by atoms with Crippen LogP contribution < -0.4 is 0 Å². The second-order valence-corrected chi connectivity index (χ2v) is 7.38. The second kappa shape index (κ2) is 8.78. The van der Waals surface area contributed by atoms with Gasteiger partial charge in [-0.1, -0.05) is 35.5 Å². The second-order valence-electron chi connectivity index (χ2n) is 7.38. The number of hydrogen-bond acceptors (Lipinski definition) is 4. The molecular formula is C24H24N4O2. The molecule has 30 heavy (non-hydrogen) atoms. The monoisotopic (exact) mass is 400 g/mol. The van der Waals surface area contributed by atoms with E-state index in [1.165, 1.54) is 0 Å². The number of rotatable bonds is 7. The number of aryl methyl sites for hydroxylation is 2. The highest BCUT2D eigenvalue weighted by molar-refractivity contribution is 5.94. The van der Waals surface area contributed by atoms with Crippen molar-refractivity contribution in [2.24, 2.45) is 0 Å². The van der Waals surface area contributed by atoms with Gasteiger partial charge in [-0.3, -0.25) is 4.79 Å². The van der Waals surface area contributed by atoms with Crippen molar-refractivity contribution < 1.29 is 9.32 Å². The minimum Gasteiger partial charge on any atom is -0.361 e. The fraction of sp³-hybridized carbons (Fsp3) is 0.208. The number of carbonyl (C=O) groups is 1. The molecule has 0 atom stereocenters. The quantitative estimate of drug-likeness (QED) is 0.457. The van der Waals surface area contributed by atoms with E-state index in [0.717, 1.165) is 41.1 Å². The van der Waals surface area contributed by atoms with Crippen LogP contribution in [0.2, 0.25) is 0 Å². The third-order valence-electron chi connectivity index (χ3n) is 4.98. The molecule has 0 unspecified atom stereocenters. The van der Waals surface area contributed by atoms with E-state index in [1.807, 2.05) is 87.0 Å². The molecule has 0 aliphatic heterocycles. The Hall–Kier alpha value is -3.67. The zero-order chi connectivity index (χ0) is 20.9. The van der Waals surface area contributed by atoms with Crippen molar-refractivity contribution in [2.75, 3.05) is 13.6 Å². The van der Waals surface area contributed by atoms with Gasteiger partial charge in [-0.25, -0.2) is 4.68 Å². The minimum atomic E-state index is 0.000686. The first-order chi connectivity index (χ1) is 14.6. The summed E-state index contributed by atoms with van der Waals surface area (Å²) in [5.74, 6) is 0.828. The third-order valence-corrected chi connectivity index (χ3v) is 4.98. The van der Waals surface area contributed by atoms with Gasteiger partial charge in [0.05, 0.1) is 11.9 Å². The molecular weight excluding hydrogens is 376 g/mol. The number of benzene rings is 2. The van der Waals surface area contributed by atoms with Crippen molar-refractivity contribution >= 4 is 5.91 Å². The Balaban J connectivity index is 1.30. The van der Waals surface area contributed by atoms with Crippen LogP contribution in [0.1, 0.15) is 28.1 Å². The lowest BCUT2D eigenvalue weighted by atomic mass is 10.1. The molecule has 0 aliphatic carbocycles. The van der Waals surface area contributed by atoms with E-state index in [1.54, 1.807) is 9.58 Å². The lowest BCUT2D eigenvalue weighted by Gasteiger charge is -2.17. The van der Waals surface area contributed by atoms with E-state index in [2.05, 4.69) is 10.3 Å². The van der Waals surface area contributed by atoms with Crippen LogP contribution in [0.4, 0.5) is 0 Å². The summed E-state index contributed by atoms with van der Waals surface area (Å²) in [6.07, 6.45) is 5.30. The van der Waals surface area contributed by atoms with E-state index in [-0.39, 0.29) is 5.91 Å². The molecule has 0 saturated carbocycles. The Morgan fingerprint density at radius 2 is 1.87 bits per heavy atom.